The Labute approximate surface area is 155 Å². The van der Waals surface area contributed by atoms with E-state index < -0.39 is 0 Å². The third-order valence-electron chi connectivity index (χ3n) is 3.98. The van der Waals surface area contributed by atoms with Crippen molar-refractivity contribution >= 4 is 22.7 Å². The van der Waals surface area contributed by atoms with Crippen molar-refractivity contribution < 1.29 is 13.9 Å². The van der Waals surface area contributed by atoms with Gasteiger partial charge in [-0.05, 0) is 61.5 Å². The van der Waals surface area contributed by atoms with Gasteiger partial charge in [-0.2, -0.15) is 0 Å². The summed E-state index contributed by atoms with van der Waals surface area (Å²) in [5.41, 5.74) is 3.31. The zero-order chi connectivity index (χ0) is 18.6. The minimum atomic E-state index is -0.201. The van der Waals surface area contributed by atoms with Gasteiger partial charge in [0.05, 0.1) is 12.2 Å². The molecule has 0 aliphatic rings. The second-order valence-electron chi connectivity index (χ2n) is 5.85. The van der Waals surface area contributed by atoms with E-state index in [0.717, 1.165) is 11.3 Å². The molecule has 134 valence electrons. The van der Waals surface area contributed by atoms with Crippen LogP contribution in [0.1, 0.15) is 17.3 Å². The summed E-state index contributed by atoms with van der Waals surface area (Å²) in [4.78, 5) is 21.0. The van der Waals surface area contributed by atoms with E-state index in [0.29, 0.717) is 34.8 Å². The van der Waals surface area contributed by atoms with Gasteiger partial charge in [-0.3, -0.25) is 9.78 Å². The smallest absolute Gasteiger partial charge is 0.255 e. The maximum atomic E-state index is 12.4. The Kier molecular flexibility index (Phi) is 4.53. The number of nitrogens with one attached hydrogen (secondary N) is 1. The molecule has 0 aliphatic heterocycles. The molecule has 0 spiro atoms. The predicted octanol–water partition coefficient (Wildman–Crippen LogP) is 4.54. The number of carbonyl (C=O) groups excluding carboxylic acids is 1. The molecule has 1 N–H and O–H groups in total. The molecule has 0 atom stereocenters. The zero-order valence-corrected chi connectivity index (χ0v) is 14.7. The number of fused-ring (bicyclic) bond motifs is 1. The summed E-state index contributed by atoms with van der Waals surface area (Å²) >= 11 is 0. The van der Waals surface area contributed by atoms with Gasteiger partial charge >= 0.3 is 0 Å². The minimum absolute atomic E-state index is 0.201. The summed E-state index contributed by atoms with van der Waals surface area (Å²) < 4.78 is 11.1. The standard InChI is InChI=1S/C21H17N3O3/c1-2-26-17-8-5-14(6-9-17)20(25)23-16-7-10-19-18(12-16)24-21(27-19)15-4-3-11-22-13-15/h3-13H,2H2,1H3,(H,23,25). The Morgan fingerprint density at radius 3 is 2.74 bits per heavy atom. The van der Waals surface area contributed by atoms with Crippen molar-refractivity contribution in [1.29, 1.82) is 0 Å². The van der Waals surface area contributed by atoms with Gasteiger partial charge in [0.1, 0.15) is 11.3 Å². The molecule has 2 aromatic carbocycles. The number of ether oxygens (including phenoxy) is 1. The Bertz CT molecular complexity index is 1070. The van der Waals surface area contributed by atoms with Gasteiger partial charge in [-0.25, -0.2) is 4.98 Å². The normalized spacial score (nSPS) is 10.7. The van der Waals surface area contributed by atoms with Crippen LogP contribution in [0.25, 0.3) is 22.6 Å². The summed E-state index contributed by atoms with van der Waals surface area (Å²) in [6, 6.07) is 16.1. The van der Waals surface area contributed by atoms with Crippen molar-refractivity contribution in [3.63, 3.8) is 0 Å². The zero-order valence-electron chi connectivity index (χ0n) is 14.7. The van der Waals surface area contributed by atoms with E-state index in [4.69, 9.17) is 9.15 Å². The Morgan fingerprint density at radius 2 is 2.00 bits per heavy atom. The van der Waals surface area contributed by atoms with Crippen molar-refractivity contribution in [3.05, 3.63) is 72.6 Å². The number of anilines is 1. The van der Waals surface area contributed by atoms with Crippen LogP contribution >= 0.6 is 0 Å². The molecule has 0 saturated heterocycles. The fourth-order valence-corrected chi connectivity index (χ4v) is 2.69. The number of oxazole rings is 1. The third-order valence-corrected chi connectivity index (χ3v) is 3.98. The lowest BCUT2D eigenvalue weighted by molar-refractivity contribution is 0.102. The molecule has 0 aliphatic carbocycles. The molecular weight excluding hydrogens is 342 g/mol. The highest BCUT2D eigenvalue weighted by Gasteiger charge is 2.11. The maximum Gasteiger partial charge on any atom is 0.255 e. The molecule has 0 fully saturated rings. The number of rotatable bonds is 5. The third kappa shape index (κ3) is 3.64. The average Bonchev–Trinajstić information content (AvgIpc) is 3.13. The highest BCUT2D eigenvalue weighted by molar-refractivity contribution is 6.05. The number of hydrogen-bond donors (Lipinski definition) is 1. The number of carbonyl (C=O) groups is 1. The summed E-state index contributed by atoms with van der Waals surface area (Å²) in [6.45, 7) is 2.50. The summed E-state index contributed by atoms with van der Waals surface area (Å²) in [7, 11) is 0. The van der Waals surface area contributed by atoms with Gasteiger partial charge in [-0.1, -0.05) is 0 Å². The fourth-order valence-electron chi connectivity index (χ4n) is 2.69. The molecule has 4 aromatic rings. The van der Waals surface area contributed by atoms with E-state index in [1.165, 1.54) is 0 Å². The molecular formula is C21H17N3O3. The first-order valence-corrected chi connectivity index (χ1v) is 8.58. The first-order chi connectivity index (χ1) is 13.2. The average molecular weight is 359 g/mol. The van der Waals surface area contributed by atoms with Crippen LogP contribution < -0.4 is 10.1 Å². The van der Waals surface area contributed by atoms with Crippen molar-refractivity contribution in [1.82, 2.24) is 9.97 Å². The van der Waals surface area contributed by atoms with Crippen molar-refractivity contribution in [3.8, 4) is 17.2 Å². The molecule has 2 aromatic heterocycles. The molecule has 27 heavy (non-hydrogen) atoms. The lowest BCUT2D eigenvalue weighted by Gasteiger charge is -2.06. The number of amides is 1. The number of benzene rings is 2. The first kappa shape index (κ1) is 16.8. The first-order valence-electron chi connectivity index (χ1n) is 8.58. The SMILES string of the molecule is CCOc1ccc(C(=O)Nc2ccc3oc(-c4cccnc4)nc3c2)cc1. The fraction of sp³-hybridized carbons (Fsp3) is 0.0952. The van der Waals surface area contributed by atoms with E-state index in [1.54, 1.807) is 54.9 Å². The number of aromatic nitrogens is 2. The van der Waals surface area contributed by atoms with Gasteiger partial charge in [0.25, 0.3) is 5.91 Å². The molecule has 2 heterocycles. The molecule has 0 saturated carbocycles. The lowest BCUT2D eigenvalue weighted by Crippen LogP contribution is -2.11. The molecule has 6 nitrogen and oxygen atoms in total. The van der Waals surface area contributed by atoms with Gasteiger partial charge in [-0.15, -0.1) is 0 Å². The summed E-state index contributed by atoms with van der Waals surface area (Å²) in [6.07, 6.45) is 3.39. The topological polar surface area (TPSA) is 77.2 Å². The van der Waals surface area contributed by atoms with Crippen molar-refractivity contribution in [2.24, 2.45) is 0 Å². The van der Waals surface area contributed by atoms with E-state index in [1.807, 2.05) is 19.1 Å². The maximum absolute atomic E-state index is 12.4. The van der Waals surface area contributed by atoms with Crippen LogP contribution in [0.2, 0.25) is 0 Å². The van der Waals surface area contributed by atoms with Crippen LogP contribution in [0.15, 0.2) is 71.4 Å². The van der Waals surface area contributed by atoms with Crippen LogP contribution in [0.3, 0.4) is 0 Å². The molecule has 6 heteroatoms. The lowest BCUT2D eigenvalue weighted by atomic mass is 10.2. The predicted molar refractivity (Wildman–Crippen MR) is 103 cm³/mol. The molecule has 0 bridgehead atoms. The van der Waals surface area contributed by atoms with Gasteiger partial charge in [0.15, 0.2) is 5.58 Å². The highest BCUT2D eigenvalue weighted by atomic mass is 16.5. The van der Waals surface area contributed by atoms with Crippen LogP contribution in [0.4, 0.5) is 5.69 Å². The second kappa shape index (κ2) is 7.29. The van der Waals surface area contributed by atoms with E-state index >= 15 is 0 Å². The molecule has 0 radical (unpaired) electrons. The van der Waals surface area contributed by atoms with E-state index in [9.17, 15) is 4.79 Å². The van der Waals surface area contributed by atoms with Crippen LogP contribution in [0.5, 0.6) is 5.75 Å². The monoisotopic (exact) mass is 359 g/mol. The second-order valence-corrected chi connectivity index (χ2v) is 5.85. The minimum Gasteiger partial charge on any atom is -0.494 e. The van der Waals surface area contributed by atoms with E-state index in [-0.39, 0.29) is 5.91 Å². The van der Waals surface area contributed by atoms with Crippen LogP contribution in [0, 0.1) is 0 Å². The quantitative estimate of drug-likeness (QED) is 0.566. The molecule has 4 rings (SSSR count). The van der Waals surface area contributed by atoms with Crippen molar-refractivity contribution in [2.75, 3.05) is 11.9 Å². The number of hydrogen-bond acceptors (Lipinski definition) is 5. The molecule has 1 amide bonds. The van der Waals surface area contributed by atoms with Gasteiger partial charge in [0.2, 0.25) is 5.89 Å². The van der Waals surface area contributed by atoms with Crippen molar-refractivity contribution in [2.45, 2.75) is 6.92 Å². The number of nitrogens with zero attached hydrogens (tertiary/aromatic N) is 2. The van der Waals surface area contributed by atoms with Crippen LogP contribution in [-0.4, -0.2) is 22.5 Å². The largest absolute Gasteiger partial charge is 0.494 e. The van der Waals surface area contributed by atoms with Gasteiger partial charge < -0.3 is 14.5 Å². The Hall–Kier alpha value is -3.67. The Morgan fingerprint density at radius 1 is 1.15 bits per heavy atom. The molecule has 0 unspecified atom stereocenters. The summed E-state index contributed by atoms with van der Waals surface area (Å²) in [5, 5.41) is 2.88. The summed E-state index contributed by atoms with van der Waals surface area (Å²) in [5.74, 6) is 1.03. The number of pyridine rings is 1. The van der Waals surface area contributed by atoms with Gasteiger partial charge in [0, 0.05) is 23.6 Å². The van der Waals surface area contributed by atoms with E-state index in [2.05, 4.69) is 15.3 Å². The Balaban J connectivity index is 1.54. The van der Waals surface area contributed by atoms with Crippen LogP contribution in [-0.2, 0) is 0 Å². The highest BCUT2D eigenvalue weighted by Crippen LogP contribution is 2.26.